The van der Waals surface area contributed by atoms with Crippen LogP contribution in [0, 0.1) is 17.8 Å². The van der Waals surface area contributed by atoms with Gasteiger partial charge >= 0.3 is 5.97 Å². The molecule has 0 radical (unpaired) electrons. The molecule has 0 unspecified atom stereocenters. The van der Waals surface area contributed by atoms with Gasteiger partial charge in [0.25, 0.3) is 5.91 Å². The number of esters is 1. The van der Waals surface area contributed by atoms with Gasteiger partial charge in [0, 0.05) is 17.0 Å². The van der Waals surface area contributed by atoms with E-state index in [2.05, 4.69) is 10.6 Å². The first kappa shape index (κ1) is 21.2. The van der Waals surface area contributed by atoms with Crippen molar-refractivity contribution in [2.45, 2.75) is 55.9 Å². The second-order valence-corrected chi connectivity index (χ2v) is 10.1. The van der Waals surface area contributed by atoms with Crippen LogP contribution in [-0.2, 0) is 14.3 Å². The lowest BCUT2D eigenvalue weighted by atomic mass is 9.53. The minimum absolute atomic E-state index is 0.00250. The number of likely N-dealkylation sites (N-methyl/N-ethyl adjacent to an activating group) is 1. The Bertz CT molecular complexity index is 790. The maximum atomic E-state index is 12.8. The molecule has 0 aromatic heterocycles. The molecular weight excluding hydrogens is 400 g/mol. The number of carbonyl (C=O) groups is 3. The van der Waals surface area contributed by atoms with Crippen molar-refractivity contribution in [3.8, 4) is 0 Å². The quantitative estimate of drug-likeness (QED) is 0.489. The fourth-order valence-corrected chi connectivity index (χ4v) is 6.80. The number of hydrogen-bond donors (Lipinski definition) is 2. The smallest absolute Gasteiger partial charge is 0.339 e. The van der Waals surface area contributed by atoms with Crippen molar-refractivity contribution in [1.82, 2.24) is 10.6 Å². The van der Waals surface area contributed by atoms with E-state index in [1.54, 1.807) is 19.1 Å². The Morgan fingerprint density at radius 1 is 1.03 bits per heavy atom. The molecule has 0 saturated heterocycles. The van der Waals surface area contributed by atoms with Crippen LogP contribution in [0.1, 0.15) is 55.8 Å². The van der Waals surface area contributed by atoms with Crippen molar-refractivity contribution in [2.75, 3.05) is 18.9 Å². The summed E-state index contributed by atoms with van der Waals surface area (Å²) in [6.07, 6.45) is 7.40. The Labute approximate surface area is 181 Å². The number of carbonyl (C=O) groups excluding carboxylic acids is 3. The van der Waals surface area contributed by atoms with Gasteiger partial charge in [-0.15, -0.1) is 11.8 Å². The molecule has 4 fully saturated rings. The summed E-state index contributed by atoms with van der Waals surface area (Å²) in [5, 5.41) is 5.96. The molecule has 1 aromatic rings. The second kappa shape index (κ2) is 9.00. The van der Waals surface area contributed by atoms with Crippen molar-refractivity contribution in [3.05, 3.63) is 29.8 Å². The molecular formula is C23H30N2O4S. The van der Waals surface area contributed by atoms with Crippen LogP contribution in [0.5, 0.6) is 0 Å². The molecule has 2 amide bonds. The molecule has 4 saturated carbocycles. The van der Waals surface area contributed by atoms with E-state index in [0.29, 0.717) is 17.0 Å². The predicted molar refractivity (Wildman–Crippen MR) is 115 cm³/mol. The van der Waals surface area contributed by atoms with Gasteiger partial charge in [-0.25, -0.2) is 4.79 Å². The summed E-state index contributed by atoms with van der Waals surface area (Å²) >= 11 is 1.34. The number of amides is 2. The van der Waals surface area contributed by atoms with Crippen LogP contribution in [-0.4, -0.2) is 42.2 Å². The summed E-state index contributed by atoms with van der Waals surface area (Å²) in [6.45, 7) is 1.99. The van der Waals surface area contributed by atoms with Crippen molar-refractivity contribution in [2.24, 2.45) is 17.8 Å². The van der Waals surface area contributed by atoms with Crippen molar-refractivity contribution >= 4 is 29.5 Å². The normalized spacial score (nSPS) is 28.8. The van der Waals surface area contributed by atoms with Gasteiger partial charge in [0.2, 0.25) is 5.91 Å². The van der Waals surface area contributed by atoms with Gasteiger partial charge in [-0.05, 0) is 75.3 Å². The zero-order valence-corrected chi connectivity index (χ0v) is 18.3. The Morgan fingerprint density at radius 2 is 1.67 bits per heavy atom. The molecule has 7 heteroatoms. The predicted octanol–water partition coefficient (Wildman–Crippen LogP) is 3.16. The van der Waals surface area contributed by atoms with Crippen LogP contribution in [0.2, 0.25) is 0 Å². The zero-order valence-electron chi connectivity index (χ0n) is 17.4. The number of nitrogens with one attached hydrogen (secondary N) is 2. The van der Waals surface area contributed by atoms with Crippen LogP contribution in [0.3, 0.4) is 0 Å². The van der Waals surface area contributed by atoms with E-state index in [1.807, 2.05) is 12.1 Å². The summed E-state index contributed by atoms with van der Waals surface area (Å²) in [5.41, 5.74) is 0.381. The van der Waals surface area contributed by atoms with Crippen LogP contribution >= 0.6 is 11.8 Å². The molecule has 0 spiro atoms. The minimum atomic E-state index is -0.550. The minimum Gasteiger partial charge on any atom is -0.452 e. The highest BCUT2D eigenvalue weighted by atomic mass is 32.2. The van der Waals surface area contributed by atoms with Gasteiger partial charge in [-0.1, -0.05) is 12.1 Å². The molecule has 1 aromatic carbocycles. The standard InChI is InChI=1S/C23H30N2O4S/c1-2-24-20(26)13-29-22(28)18-5-3-4-6-19(18)30-14-21(27)25-23-10-15-7-16(11-23)9-17(8-15)12-23/h3-6,15-17H,2,7-14H2,1H3,(H,24,26)(H,25,27). The second-order valence-electron chi connectivity index (χ2n) is 9.06. The summed E-state index contributed by atoms with van der Waals surface area (Å²) in [4.78, 5) is 37.4. The third-order valence-corrected chi connectivity index (χ3v) is 7.69. The molecule has 0 atom stereocenters. The highest BCUT2D eigenvalue weighted by molar-refractivity contribution is 8.00. The van der Waals surface area contributed by atoms with Crippen LogP contribution in [0.15, 0.2) is 29.2 Å². The number of thioether (sulfide) groups is 1. The van der Waals surface area contributed by atoms with Gasteiger partial charge < -0.3 is 15.4 Å². The monoisotopic (exact) mass is 430 g/mol. The molecule has 0 aliphatic heterocycles. The fourth-order valence-electron chi connectivity index (χ4n) is 5.96. The molecule has 0 heterocycles. The van der Waals surface area contributed by atoms with E-state index < -0.39 is 5.97 Å². The molecule has 4 bridgehead atoms. The molecule has 4 aliphatic carbocycles. The van der Waals surface area contributed by atoms with E-state index in [4.69, 9.17) is 4.74 Å². The van der Waals surface area contributed by atoms with Crippen LogP contribution in [0.4, 0.5) is 0 Å². The third-order valence-electron chi connectivity index (χ3n) is 6.62. The third kappa shape index (κ3) is 4.82. The highest BCUT2D eigenvalue weighted by Crippen LogP contribution is 2.55. The first-order chi connectivity index (χ1) is 14.5. The van der Waals surface area contributed by atoms with E-state index in [-0.39, 0.29) is 29.7 Å². The summed E-state index contributed by atoms with van der Waals surface area (Å²) in [5.74, 6) is 1.77. The average molecular weight is 431 g/mol. The first-order valence-corrected chi connectivity index (χ1v) is 11.9. The maximum absolute atomic E-state index is 12.8. The van der Waals surface area contributed by atoms with E-state index in [9.17, 15) is 14.4 Å². The highest BCUT2D eigenvalue weighted by Gasteiger charge is 2.51. The molecule has 5 rings (SSSR count). The lowest BCUT2D eigenvalue weighted by molar-refractivity contribution is -0.124. The lowest BCUT2D eigenvalue weighted by Gasteiger charge is -2.56. The van der Waals surface area contributed by atoms with Gasteiger partial charge in [0.05, 0.1) is 11.3 Å². The Kier molecular flexibility index (Phi) is 6.37. The van der Waals surface area contributed by atoms with Gasteiger partial charge in [0.15, 0.2) is 6.61 Å². The van der Waals surface area contributed by atoms with Crippen LogP contribution in [0.25, 0.3) is 0 Å². The Hall–Kier alpha value is -2.02. The average Bonchev–Trinajstić information content (AvgIpc) is 2.69. The number of hydrogen-bond acceptors (Lipinski definition) is 5. The van der Waals surface area contributed by atoms with Crippen molar-refractivity contribution in [3.63, 3.8) is 0 Å². The molecule has 30 heavy (non-hydrogen) atoms. The maximum Gasteiger partial charge on any atom is 0.339 e. The number of benzene rings is 1. The van der Waals surface area contributed by atoms with Crippen molar-refractivity contribution < 1.29 is 19.1 Å². The molecule has 6 nitrogen and oxygen atoms in total. The Balaban J connectivity index is 1.32. The SMILES string of the molecule is CCNC(=O)COC(=O)c1ccccc1SCC(=O)NC12CC3CC(CC(C3)C1)C2. The van der Waals surface area contributed by atoms with E-state index >= 15 is 0 Å². The Morgan fingerprint density at radius 3 is 2.30 bits per heavy atom. The molecule has 2 N–H and O–H groups in total. The molecule has 4 aliphatic rings. The van der Waals surface area contributed by atoms with E-state index in [0.717, 1.165) is 37.0 Å². The molecule has 162 valence electrons. The van der Waals surface area contributed by atoms with Gasteiger partial charge in [-0.3, -0.25) is 9.59 Å². The summed E-state index contributed by atoms with van der Waals surface area (Å²) < 4.78 is 5.12. The van der Waals surface area contributed by atoms with E-state index in [1.165, 1.54) is 31.0 Å². The van der Waals surface area contributed by atoms with Crippen molar-refractivity contribution in [1.29, 1.82) is 0 Å². The summed E-state index contributed by atoms with van der Waals surface area (Å²) in [6, 6.07) is 7.06. The van der Waals surface area contributed by atoms with Crippen LogP contribution < -0.4 is 10.6 Å². The fraction of sp³-hybridized carbons (Fsp3) is 0.609. The van der Waals surface area contributed by atoms with Gasteiger partial charge in [-0.2, -0.15) is 0 Å². The zero-order chi connectivity index (χ0) is 21.1. The summed E-state index contributed by atoms with van der Waals surface area (Å²) in [7, 11) is 0. The topological polar surface area (TPSA) is 84.5 Å². The largest absolute Gasteiger partial charge is 0.452 e. The number of ether oxygens (including phenoxy) is 1. The van der Waals surface area contributed by atoms with Gasteiger partial charge in [0.1, 0.15) is 0 Å². The lowest BCUT2D eigenvalue weighted by Crippen LogP contribution is -2.60. The first-order valence-electron chi connectivity index (χ1n) is 10.9. The number of rotatable bonds is 8.